The lowest BCUT2D eigenvalue weighted by molar-refractivity contribution is 0.137. The van der Waals surface area contributed by atoms with Crippen LogP contribution < -0.4 is 4.74 Å². The molecule has 2 heterocycles. The Morgan fingerprint density at radius 2 is 1.95 bits per heavy atom. The smallest absolute Gasteiger partial charge is 0.122 e. The van der Waals surface area contributed by atoms with Crippen molar-refractivity contribution in [3.8, 4) is 5.75 Å². The zero-order chi connectivity index (χ0) is 14.5. The topological polar surface area (TPSA) is 15.7 Å². The molecule has 1 aromatic carbocycles. The third-order valence-corrected chi connectivity index (χ3v) is 5.03. The number of ether oxygens (including phenoxy) is 1. The van der Waals surface area contributed by atoms with E-state index in [0.717, 1.165) is 24.8 Å². The molecule has 3 heteroatoms. The number of benzene rings is 1. The molecule has 2 aliphatic heterocycles. The summed E-state index contributed by atoms with van der Waals surface area (Å²) in [4.78, 5) is 5.40. The second kappa shape index (κ2) is 7.28. The van der Waals surface area contributed by atoms with E-state index >= 15 is 0 Å². The van der Waals surface area contributed by atoms with Crippen molar-refractivity contribution < 1.29 is 4.74 Å². The second-order valence-corrected chi connectivity index (χ2v) is 6.40. The molecule has 0 bridgehead atoms. The molecule has 2 saturated heterocycles. The van der Waals surface area contributed by atoms with Crippen molar-refractivity contribution in [3.63, 3.8) is 0 Å². The molecule has 0 N–H and O–H groups in total. The number of methoxy groups -OCH3 is 1. The van der Waals surface area contributed by atoms with Crippen molar-refractivity contribution in [3.05, 3.63) is 29.8 Å². The third-order valence-electron chi connectivity index (χ3n) is 5.03. The summed E-state index contributed by atoms with van der Waals surface area (Å²) < 4.78 is 5.47. The number of fused-ring (bicyclic) bond motifs is 1. The van der Waals surface area contributed by atoms with E-state index in [-0.39, 0.29) is 0 Å². The van der Waals surface area contributed by atoms with Crippen molar-refractivity contribution in [2.24, 2.45) is 0 Å². The van der Waals surface area contributed by atoms with E-state index in [2.05, 4.69) is 28.0 Å². The van der Waals surface area contributed by atoms with Gasteiger partial charge < -0.3 is 9.64 Å². The van der Waals surface area contributed by atoms with Gasteiger partial charge in [0.1, 0.15) is 5.75 Å². The fourth-order valence-electron chi connectivity index (χ4n) is 3.84. The summed E-state index contributed by atoms with van der Waals surface area (Å²) in [5, 5.41) is 0. The quantitative estimate of drug-likeness (QED) is 0.847. The molecular formula is C18H28N2O. The Bertz CT molecular complexity index is 449. The largest absolute Gasteiger partial charge is 0.496 e. The summed E-state index contributed by atoms with van der Waals surface area (Å²) in [7, 11) is 1.77. The fourth-order valence-corrected chi connectivity index (χ4v) is 3.84. The Balaban J connectivity index is 1.57. The van der Waals surface area contributed by atoms with Gasteiger partial charge in [-0.15, -0.1) is 0 Å². The third kappa shape index (κ3) is 3.78. The summed E-state index contributed by atoms with van der Waals surface area (Å²) in [6, 6.07) is 9.24. The molecule has 2 aliphatic rings. The molecule has 0 spiro atoms. The number of rotatable bonds is 4. The van der Waals surface area contributed by atoms with Gasteiger partial charge in [-0.05, 0) is 56.9 Å². The first kappa shape index (κ1) is 14.9. The lowest BCUT2D eigenvalue weighted by Crippen LogP contribution is -2.44. The van der Waals surface area contributed by atoms with Crippen LogP contribution >= 0.6 is 0 Å². The van der Waals surface area contributed by atoms with Crippen LogP contribution in [0.2, 0.25) is 0 Å². The van der Waals surface area contributed by atoms with Gasteiger partial charge in [0.2, 0.25) is 0 Å². The monoisotopic (exact) mass is 288 g/mol. The van der Waals surface area contributed by atoms with Crippen LogP contribution in [0.5, 0.6) is 5.75 Å². The van der Waals surface area contributed by atoms with Gasteiger partial charge in [-0.2, -0.15) is 0 Å². The zero-order valence-corrected chi connectivity index (χ0v) is 13.3. The molecule has 2 fully saturated rings. The van der Waals surface area contributed by atoms with E-state index in [9.17, 15) is 0 Å². The molecule has 116 valence electrons. The molecular weight excluding hydrogens is 260 g/mol. The number of piperidine rings is 1. The van der Waals surface area contributed by atoms with Crippen molar-refractivity contribution in [2.45, 2.75) is 38.1 Å². The van der Waals surface area contributed by atoms with Crippen molar-refractivity contribution >= 4 is 0 Å². The van der Waals surface area contributed by atoms with Crippen molar-refractivity contribution in [1.29, 1.82) is 0 Å². The van der Waals surface area contributed by atoms with E-state index in [0.29, 0.717) is 0 Å². The average Bonchev–Trinajstić information content (AvgIpc) is 2.75. The highest BCUT2D eigenvalue weighted by molar-refractivity contribution is 5.33. The first-order valence-corrected chi connectivity index (χ1v) is 8.45. The molecule has 1 unspecified atom stereocenters. The maximum atomic E-state index is 5.47. The van der Waals surface area contributed by atoms with Gasteiger partial charge in [0, 0.05) is 19.1 Å². The van der Waals surface area contributed by atoms with Gasteiger partial charge in [-0.25, -0.2) is 0 Å². The maximum absolute atomic E-state index is 5.47. The Hall–Kier alpha value is -1.06. The minimum atomic E-state index is 0.805. The lowest BCUT2D eigenvalue weighted by atomic mass is 10.0. The van der Waals surface area contributed by atoms with Gasteiger partial charge >= 0.3 is 0 Å². The van der Waals surface area contributed by atoms with Gasteiger partial charge in [-0.1, -0.05) is 24.6 Å². The molecule has 3 nitrogen and oxygen atoms in total. The van der Waals surface area contributed by atoms with E-state index in [1.165, 1.54) is 57.4 Å². The highest BCUT2D eigenvalue weighted by atomic mass is 16.5. The van der Waals surface area contributed by atoms with Gasteiger partial charge in [0.05, 0.1) is 7.11 Å². The summed E-state index contributed by atoms with van der Waals surface area (Å²) in [5.41, 5.74) is 1.34. The standard InChI is InChI=1S/C18H28N2O/c1-21-18-9-3-2-7-16(18)10-14-19-11-6-13-20-12-5-4-8-17(20)15-19/h2-3,7,9,17H,4-6,8,10-15H2,1H3. The molecule has 1 aromatic rings. The Morgan fingerprint density at radius 3 is 2.86 bits per heavy atom. The van der Waals surface area contributed by atoms with Crippen LogP contribution in [0, 0.1) is 0 Å². The van der Waals surface area contributed by atoms with Crippen LogP contribution in [0.15, 0.2) is 24.3 Å². The first-order chi connectivity index (χ1) is 10.4. The molecule has 0 aromatic heterocycles. The SMILES string of the molecule is COc1ccccc1CCN1CCCN2CCCCC2C1. The predicted octanol–water partition coefficient (Wildman–Crippen LogP) is 2.80. The normalized spacial score (nSPS) is 24.3. The van der Waals surface area contributed by atoms with E-state index < -0.39 is 0 Å². The average molecular weight is 288 g/mol. The summed E-state index contributed by atoms with van der Waals surface area (Å²) in [6.07, 6.45) is 6.63. The molecule has 1 atom stereocenters. The number of hydrogen-bond donors (Lipinski definition) is 0. The highest BCUT2D eigenvalue weighted by Gasteiger charge is 2.26. The van der Waals surface area contributed by atoms with Crippen LogP contribution in [-0.4, -0.2) is 55.7 Å². The number of nitrogens with zero attached hydrogens (tertiary/aromatic N) is 2. The predicted molar refractivity (Wildman–Crippen MR) is 87.0 cm³/mol. The van der Waals surface area contributed by atoms with Gasteiger partial charge in [0.25, 0.3) is 0 Å². The van der Waals surface area contributed by atoms with Crippen LogP contribution in [0.25, 0.3) is 0 Å². The minimum absolute atomic E-state index is 0.805. The second-order valence-electron chi connectivity index (χ2n) is 6.40. The van der Waals surface area contributed by atoms with Gasteiger partial charge in [-0.3, -0.25) is 4.90 Å². The maximum Gasteiger partial charge on any atom is 0.122 e. The summed E-state index contributed by atoms with van der Waals surface area (Å²) >= 11 is 0. The molecule has 0 aliphatic carbocycles. The van der Waals surface area contributed by atoms with Crippen LogP contribution in [0.4, 0.5) is 0 Å². The highest BCUT2D eigenvalue weighted by Crippen LogP contribution is 2.22. The van der Waals surface area contributed by atoms with E-state index in [4.69, 9.17) is 4.74 Å². The summed E-state index contributed by atoms with van der Waals surface area (Å²) in [5.74, 6) is 1.03. The molecule has 3 rings (SSSR count). The molecule has 0 saturated carbocycles. The van der Waals surface area contributed by atoms with E-state index in [1.807, 2.05) is 6.07 Å². The Kier molecular flexibility index (Phi) is 5.15. The van der Waals surface area contributed by atoms with Crippen LogP contribution in [0.1, 0.15) is 31.2 Å². The fraction of sp³-hybridized carbons (Fsp3) is 0.667. The number of hydrogen-bond acceptors (Lipinski definition) is 3. The van der Waals surface area contributed by atoms with Crippen molar-refractivity contribution in [1.82, 2.24) is 9.80 Å². The van der Waals surface area contributed by atoms with E-state index in [1.54, 1.807) is 7.11 Å². The molecule has 0 amide bonds. The Labute approximate surface area is 128 Å². The first-order valence-electron chi connectivity index (χ1n) is 8.45. The summed E-state index contributed by atoms with van der Waals surface area (Å²) in [6.45, 7) is 6.29. The number of para-hydroxylation sites is 1. The van der Waals surface area contributed by atoms with Crippen LogP contribution in [0.3, 0.4) is 0 Å². The minimum Gasteiger partial charge on any atom is -0.496 e. The Morgan fingerprint density at radius 1 is 1.10 bits per heavy atom. The van der Waals surface area contributed by atoms with Gasteiger partial charge in [0.15, 0.2) is 0 Å². The zero-order valence-electron chi connectivity index (χ0n) is 13.3. The van der Waals surface area contributed by atoms with Crippen molar-refractivity contribution in [2.75, 3.05) is 39.8 Å². The molecule has 0 radical (unpaired) electrons. The van der Waals surface area contributed by atoms with Crippen LogP contribution in [-0.2, 0) is 6.42 Å². The lowest BCUT2D eigenvalue weighted by Gasteiger charge is -2.35. The molecule has 21 heavy (non-hydrogen) atoms.